The Morgan fingerprint density at radius 1 is 1.22 bits per heavy atom. The first kappa shape index (κ1) is 17.5. The molecule has 8 heteroatoms. The van der Waals surface area contributed by atoms with E-state index in [4.69, 9.17) is 21.4 Å². The van der Waals surface area contributed by atoms with E-state index in [1.54, 1.807) is 12.3 Å². The van der Waals surface area contributed by atoms with E-state index in [2.05, 4.69) is 0 Å². The Morgan fingerprint density at radius 2 is 1.91 bits per heavy atom. The molecule has 0 spiro atoms. The number of alkyl halides is 3. The molecule has 2 aromatic rings. The maximum absolute atomic E-state index is 12.6. The van der Waals surface area contributed by atoms with Gasteiger partial charge in [0.1, 0.15) is 11.5 Å². The van der Waals surface area contributed by atoms with Crippen molar-refractivity contribution in [1.29, 1.82) is 0 Å². The number of ether oxygens (including phenoxy) is 1. The van der Waals surface area contributed by atoms with Crippen LogP contribution >= 0.6 is 23.4 Å². The molecule has 2 aromatic carbocycles. The monoisotopic (exact) mass is 362 g/mol. The van der Waals surface area contributed by atoms with Crippen molar-refractivity contribution >= 4 is 29.3 Å². The summed E-state index contributed by atoms with van der Waals surface area (Å²) in [4.78, 5) is 11.7. The zero-order chi connectivity index (χ0) is 17.2. The lowest BCUT2D eigenvalue weighted by molar-refractivity contribution is -0.137. The zero-order valence-corrected chi connectivity index (χ0v) is 13.2. The predicted molar refractivity (Wildman–Crippen MR) is 81.7 cm³/mol. The molecular weight excluding hydrogens is 353 g/mol. The van der Waals surface area contributed by atoms with E-state index in [-0.39, 0.29) is 22.1 Å². The van der Waals surface area contributed by atoms with Crippen LogP contribution in [0.15, 0.2) is 41.3 Å². The SMILES string of the molecule is CSc1ccc(Oc2ccc(C(F)(F)F)cc2Cl)cc1C(=O)O. The second-order valence-corrected chi connectivity index (χ2v) is 5.67. The van der Waals surface area contributed by atoms with E-state index >= 15 is 0 Å². The molecule has 0 fully saturated rings. The predicted octanol–water partition coefficient (Wildman–Crippen LogP) is 5.57. The number of hydrogen-bond acceptors (Lipinski definition) is 3. The maximum Gasteiger partial charge on any atom is 0.416 e. The topological polar surface area (TPSA) is 46.5 Å². The number of aromatic carboxylic acids is 1. The molecule has 0 saturated carbocycles. The first-order valence-electron chi connectivity index (χ1n) is 6.18. The van der Waals surface area contributed by atoms with E-state index < -0.39 is 17.7 Å². The molecule has 0 atom stereocenters. The van der Waals surface area contributed by atoms with Crippen LogP contribution in [0.2, 0.25) is 5.02 Å². The van der Waals surface area contributed by atoms with Crippen molar-refractivity contribution in [3.63, 3.8) is 0 Å². The van der Waals surface area contributed by atoms with Crippen molar-refractivity contribution < 1.29 is 27.8 Å². The molecule has 0 aliphatic rings. The van der Waals surface area contributed by atoms with Gasteiger partial charge < -0.3 is 9.84 Å². The van der Waals surface area contributed by atoms with Gasteiger partial charge in [0.05, 0.1) is 16.1 Å². The number of hydrogen-bond donors (Lipinski definition) is 1. The fourth-order valence-electron chi connectivity index (χ4n) is 1.80. The molecule has 2 rings (SSSR count). The average Bonchev–Trinajstić information content (AvgIpc) is 2.48. The van der Waals surface area contributed by atoms with Crippen LogP contribution in [-0.2, 0) is 6.18 Å². The number of carbonyl (C=O) groups is 1. The van der Waals surface area contributed by atoms with Crippen molar-refractivity contribution in [3.8, 4) is 11.5 Å². The molecule has 0 saturated heterocycles. The van der Waals surface area contributed by atoms with Gasteiger partial charge in [-0.25, -0.2) is 4.79 Å². The Morgan fingerprint density at radius 3 is 2.43 bits per heavy atom. The smallest absolute Gasteiger partial charge is 0.416 e. The third-order valence-corrected chi connectivity index (χ3v) is 3.98. The highest BCUT2D eigenvalue weighted by Gasteiger charge is 2.31. The van der Waals surface area contributed by atoms with Gasteiger partial charge in [-0.15, -0.1) is 11.8 Å². The Hall–Kier alpha value is -1.86. The van der Waals surface area contributed by atoms with Crippen LogP contribution in [-0.4, -0.2) is 17.3 Å². The largest absolute Gasteiger partial charge is 0.478 e. The molecule has 0 bridgehead atoms. The highest BCUT2D eigenvalue weighted by atomic mass is 35.5. The van der Waals surface area contributed by atoms with Gasteiger partial charge in [0.15, 0.2) is 0 Å². The number of carboxylic acid groups (broad SMARTS) is 1. The van der Waals surface area contributed by atoms with E-state index in [9.17, 15) is 18.0 Å². The summed E-state index contributed by atoms with van der Waals surface area (Å²) < 4.78 is 43.1. The minimum atomic E-state index is -4.50. The number of thioether (sulfide) groups is 1. The third-order valence-electron chi connectivity index (χ3n) is 2.89. The Bertz CT molecular complexity index is 747. The van der Waals surface area contributed by atoms with Gasteiger partial charge in [-0.2, -0.15) is 13.2 Å². The van der Waals surface area contributed by atoms with Crippen LogP contribution in [0.4, 0.5) is 13.2 Å². The Kier molecular flexibility index (Phi) is 5.11. The minimum absolute atomic E-state index is 0.00732. The normalized spacial score (nSPS) is 11.3. The molecule has 23 heavy (non-hydrogen) atoms. The molecule has 122 valence electrons. The van der Waals surface area contributed by atoms with E-state index in [1.165, 1.54) is 23.9 Å². The standard InChI is InChI=1S/C15H10ClF3O3S/c1-23-13-5-3-9(7-10(13)14(20)21)22-12-4-2-8(6-11(12)16)15(17,18)19/h2-7H,1H3,(H,20,21). The lowest BCUT2D eigenvalue weighted by atomic mass is 10.2. The molecule has 0 heterocycles. The van der Waals surface area contributed by atoms with Crippen LogP contribution < -0.4 is 4.74 Å². The van der Waals surface area contributed by atoms with Crippen LogP contribution in [0.1, 0.15) is 15.9 Å². The van der Waals surface area contributed by atoms with Crippen molar-refractivity contribution in [1.82, 2.24) is 0 Å². The van der Waals surface area contributed by atoms with Crippen molar-refractivity contribution in [3.05, 3.63) is 52.5 Å². The Balaban J connectivity index is 2.33. The van der Waals surface area contributed by atoms with Crippen LogP contribution in [0, 0.1) is 0 Å². The highest BCUT2D eigenvalue weighted by molar-refractivity contribution is 7.98. The second-order valence-electron chi connectivity index (χ2n) is 4.41. The van der Waals surface area contributed by atoms with E-state index in [0.29, 0.717) is 4.90 Å². The summed E-state index contributed by atoms with van der Waals surface area (Å²) in [6, 6.07) is 7.06. The average molecular weight is 363 g/mol. The molecular formula is C15H10ClF3O3S. The molecule has 0 radical (unpaired) electrons. The second kappa shape index (κ2) is 6.72. The first-order chi connectivity index (χ1) is 10.7. The molecule has 0 amide bonds. The van der Waals surface area contributed by atoms with Crippen molar-refractivity contribution in [2.45, 2.75) is 11.1 Å². The zero-order valence-electron chi connectivity index (χ0n) is 11.6. The Labute approximate surface area is 139 Å². The van der Waals surface area contributed by atoms with Gasteiger partial charge in [-0.1, -0.05) is 11.6 Å². The van der Waals surface area contributed by atoms with Crippen molar-refractivity contribution in [2.75, 3.05) is 6.26 Å². The quantitative estimate of drug-likeness (QED) is 0.722. The van der Waals surface area contributed by atoms with Gasteiger partial charge in [-0.3, -0.25) is 0 Å². The summed E-state index contributed by atoms with van der Waals surface area (Å²) in [5.74, 6) is -0.951. The summed E-state index contributed by atoms with van der Waals surface area (Å²) in [5.41, 5.74) is -0.850. The summed E-state index contributed by atoms with van der Waals surface area (Å²) in [6.45, 7) is 0. The number of carboxylic acids is 1. The molecule has 0 unspecified atom stereocenters. The van der Waals surface area contributed by atoms with Crippen LogP contribution in [0.3, 0.4) is 0 Å². The summed E-state index contributed by atoms with van der Waals surface area (Å²) >= 11 is 7.06. The summed E-state index contributed by atoms with van der Waals surface area (Å²) in [6.07, 6.45) is -2.77. The summed E-state index contributed by atoms with van der Waals surface area (Å²) in [5, 5.41) is 8.93. The van der Waals surface area contributed by atoms with Crippen LogP contribution in [0.25, 0.3) is 0 Å². The third kappa shape index (κ3) is 4.11. The van der Waals surface area contributed by atoms with Gasteiger partial charge in [-0.05, 0) is 42.7 Å². The number of halogens is 4. The van der Waals surface area contributed by atoms with Gasteiger partial charge in [0.25, 0.3) is 0 Å². The molecule has 3 nitrogen and oxygen atoms in total. The van der Waals surface area contributed by atoms with Crippen LogP contribution in [0.5, 0.6) is 11.5 Å². The molecule has 1 N–H and O–H groups in total. The fourth-order valence-corrected chi connectivity index (χ4v) is 2.59. The van der Waals surface area contributed by atoms with E-state index in [1.807, 2.05) is 0 Å². The molecule has 0 aromatic heterocycles. The number of benzene rings is 2. The lowest BCUT2D eigenvalue weighted by Gasteiger charge is -2.12. The number of rotatable bonds is 4. The molecule has 0 aliphatic heterocycles. The lowest BCUT2D eigenvalue weighted by Crippen LogP contribution is -2.04. The summed E-state index contributed by atoms with van der Waals surface area (Å²) in [7, 11) is 0. The van der Waals surface area contributed by atoms with Gasteiger partial charge in [0, 0.05) is 4.90 Å². The minimum Gasteiger partial charge on any atom is -0.478 e. The highest BCUT2D eigenvalue weighted by Crippen LogP contribution is 2.37. The molecule has 0 aliphatic carbocycles. The van der Waals surface area contributed by atoms with Gasteiger partial charge in [0.2, 0.25) is 0 Å². The first-order valence-corrected chi connectivity index (χ1v) is 7.78. The van der Waals surface area contributed by atoms with E-state index in [0.717, 1.165) is 18.2 Å². The maximum atomic E-state index is 12.6. The van der Waals surface area contributed by atoms with Gasteiger partial charge >= 0.3 is 12.1 Å². The fraction of sp³-hybridized carbons (Fsp3) is 0.133. The van der Waals surface area contributed by atoms with Crippen molar-refractivity contribution in [2.24, 2.45) is 0 Å².